The van der Waals surface area contributed by atoms with E-state index in [1.165, 1.54) is 7.05 Å². The molecular formula is C8H13NO4. The van der Waals surface area contributed by atoms with Gasteiger partial charge in [-0.15, -0.1) is 0 Å². The lowest BCUT2D eigenvalue weighted by atomic mass is 10.1. The Morgan fingerprint density at radius 3 is 2.85 bits per heavy atom. The van der Waals surface area contributed by atoms with Gasteiger partial charge in [0.1, 0.15) is 0 Å². The molecule has 0 spiro atoms. The molecule has 0 aromatic rings. The Balaban J connectivity index is 2.65. The molecule has 13 heavy (non-hydrogen) atoms. The van der Waals surface area contributed by atoms with Gasteiger partial charge in [-0.25, -0.2) is 4.79 Å². The second-order valence-electron chi connectivity index (χ2n) is 3.11. The summed E-state index contributed by atoms with van der Waals surface area (Å²) in [5.74, 6) is -1.01. The molecule has 1 N–H and O–H groups in total. The van der Waals surface area contributed by atoms with Crippen molar-refractivity contribution in [1.29, 1.82) is 0 Å². The van der Waals surface area contributed by atoms with Crippen LogP contribution in [-0.2, 0) is 14.3 Å². The molecule has 0 aromatic carbocycles. The first-order valence-electron chi connectivity index (χ1n) is 4.18. The molecule has 1 fully saturated rings. The molecule has 5 heteroatoms. The van der Waals surface area contributed by atoms with Gasteiger partial charge in [-0.1, -0.05) is 0 Å². The fourth-order valence-corrected chi connectivity index (χ4v) is 1.51. The van der Waals surface area contributed by atoms with Crippen LogP contribution in [0, 0.1) is 0 Å². The third-order valence-electron chi connectivity index (χ3n) is 2.18. The number of carboxylic acids is 1. The SMILES string of the molecule is CN(C=O)C(C(=O)O)C1CCCO1. The van der Waals surface area contributed by atoms with Crippen LogP contribution in [0.1, 0.15) is 12.8 Å². The van der Waals surface area contributed by atoms with Crippen LogP contribution in [0.15, 0.2) is 0 Å². The summed E-state index contributed by atoms with van der Waals surface area (Å²) in [6, 6.07) is -0.847. The number of carboxylic acid groups (broad SMARTS) is 1. The van der Waals surface area contributed by atoms with Crippen molar-refractivity contribution in [2.24, 2.45) is 0 Å². The zero-order chi connectivity index (χ0) is 9.84. The third-order valence-corrected chi connectivity index (χ3v) is 2.18. The summed E-state index contributed by atoms with van der Waals surface area (Å²) in [5.41, 5.74) is 0. The van der Waals surface area contributed by atoms with Crippen LogP contribution in [0.25, 0.3) is 0 Å². The Kier molecular flexibility index (Phi) is 3.25. The van der Waals surface area contributed by atoms with Gasteiger partial charge in [0, 0.05) is 13.7 Å². The number of aliphatic carboxylic acids is 1. The fraction of sp³-hybridized carbons (Fsp3) is 0.750. The molecule has 0 bridgehead atoms. The lowest BCUT2D eigenvalue weighted by Crippen LogP contribution is -2.46. The van der Waals surface area contributed by atoms with E-state index in [1.54, 1.807) is 0 Å². The van der Waals surface area contributed by atoms with Gasteiger partial charge in [-0.3, -0.25) is 4.79 Å². The molecule has 0 saturated carbocycles. The van der Waals surface area contributed by atoms with E-state index in [-0.39, 0.29) is 6.10 Å². The van der Waals surface area contributed by atoms with Crippen molar-refractivity contribution in [3.8, 4) is 0 Å². The Bertz CT molecular complexity index is 200. The highest BCUT2D eigenvalue weighted by Crippen LogP contribution is 2.18. The number of carbonyl (C=O) groups is 2. The molecule has 1 rings (SSSR count). The fourth-order valence-electron chi connectivity index (χ4n) is 1.51. The Hall–Kier alpha value is -1.10. The Morgan fingerprint density at radius 2 is 2.46 bits per heavy atom. The smallest absolute Gasteiger partial charge is 0.329 e. The maximum Gasteiger partial charge on any atom is 0.329 e. The molecule has 0 radical (unpaired) electrons. The van der Waals surface area contributed by atoms with Crippen LogP contribution in [-0.4, -0.2) is 48.2 Å². The summed E-state index contributed by atoms with van der Waals surface area (Å²) in [5, 5.41) is 8.85. The molecule has 1 aliphatic heterocycles. The van der Waals surface area contributed by atoms with Crippen molar-refractivity contribution in [3.05, 3.63) is 0 Å². The van der Waals surface area contributed by atoms with Crippen LogP contribution in [0.2, 0.25) is 0 Å². The molecule has 2 atom stereocenters. The van der Waals surface area contributed by atoms with E-state index in [0.717, 1.165) is 11.3 Å². The minimum atomic E-state index is -1.01. The van der Waals surface area contributed by atoms with Crippen molar-refractivity contribution in [2.45, 2.75) is 25.0 Å². The van der Waals surface area contributed by atoms with Crippen LogP contribution >= 0.6 is 0 Å². The largest absolute Gasteiger partial charge is 0.480 e. The number of rotatable bonds is 4. The number of hydrogen-bond acceptors (Lipinski definition) is 3. The first-order chi connectivity index (χ1) is 6.16. The summed E-state index contributed by atoms with van der Waals surface area (Å²) < 4.78 is 5.22. The van der Waals surface area contributed by atoms with E-state index in [0.29, 0.717) is 19.4 Å². The first-order valence-corrected chi connectivity index (χ1v) is 4.18. The van der Waals surface area contributed by atoms with Gasteiger partial charge in [0.15, 0.2) is 6.04 Å². The highest BCUT2D eigenvalue weighted by Gasteiger charge is 2.34. The van der Waals surface area contributed by atoms with Crippen molar-refractivity contribution >= 4 is 12.4 Å². The molecule has 1 amide bonds. The van der Waals surface area contributed by atoms with Crippen molar-refractivity contribution in [2.75, 3.05) is 13.7 Å². The van der Waals surface area contributed by atoms with E-state index < -0.39 is 12.0 Å². The van der Waals surface area contributed by atoms with Crippen LogP contribution in [0.4, 0.5) is 0 Å². The average Bonchev–Trinajstić information content (AvgIpc) is 2.56. The third kappa shape index (κ3) is 2.18. The minimum absolute atomic E-state index is 0.354. The van der Waals surface area contributed by atoms with Crippen LogP contribution in [0.5, 0.6) is 0 Å². The monoisotopic (exact) mass is 187 g/mol. The second kappa shape index (κ2) is 4.23. The van der Waals surface area contributed by atoms with Crippen LogP contribution in [0.3, 0.4) is 0 Å². The predicted octanol–water partition coefficient (Wildman–Crippen LogP) is -0.293. The molecule has 0 aromatic heterocycles. The van der Waals surface area contributed by atoms with E-state index >= 15 is 0 Å². The van der Waals surface area contributed by atoms with Gasteiger partial charge in [-0.05, 0) is 12.8 Å². The molecule has 5 nitrogen and oxygen atoms in total. The van der Waals surface area contributed by atoms with Gasteiger partial charge in [-0.2, -0.15) is 0 Å². The summed E-state index contributed by atoms with van der Waals surface area (Å²) in [6.07, 6.45) is 1.73. The number of carbonyl (C=O) groups excluding carboxylic acids is 1. The Labute approximate surface area is 76.3 Å². The summed E-state index contributed by atoms with van der Waals surface area (Å²) in [7, 11) is 1.45. The zero-order valence-electron chi connectivity index (χ0n) is 7.47. The molecule has 1 heterocycles. The van der Waals surface area contributed by atoms with Crippen molar-refractivity contribution in [3.63, 3.8) is 0 Å². The van der Waals surface area contributed by atoms with E-state index in [1.807, 2.05) is 0 Å². The predicted molar refractivity (Wildman–Crippen MR) is 44.2 cm³/mol. The molecule has 0 aliphatic carbocycles. The zero-order valence-corrected chi connectivity index (χ0v) is 7.47. The van der Waals surface area contributed by atoms with Gasteiger partial charge in [0.25, 0.3) is 0 Å². The summed E-state index contributed by atoms with van der Waals surface area (Å²) in [6.45, 7) is 0.584. The topological polar surface area (TPSA) is 66.8 Å². The molecule has 1 saturated heterocycles. The molecule has 2 unspecified atom stereocenters. The normalized spacial score (nSPS) is 23.9. The van der Waals surface area contributed by atoms with Crippen molar-refractivity contribution in [1.82, 2.24) is 4.90 Å². The minimum Gasteiger partial charge on any atom is -0.480 e. The van der Waals surface area contributed by atoms with Crippen molar-refractivity contribution < 1.29 is 19.4 Å². The Morgan fingerprint density at radius 1 is 1.77 bits per heavy atom. The number of ether oxygens (including phenoxy) is 1. The summed E-state index contributed by atoms with van der Waals surface area (Å²) in [4.78, 5) is 22.4. The van der Waals surface area contributed by atoms with Gasteiger partial charge >= 0.3 is 5.97 Å². The lowest BCUT2D eigenvalue weighted by Gasteiger charge is -2.25. The molecular weight excluding hydrogens is 174 g/mol. The number of amides is 1. The highest BCUT2D eigenvalue weighted by molar-refractivity contribution is 5.77. The summed E-state index contributed by atoms with van der Waals surface area (Å²) >= 11 is 0. The maximum absolute atomic E-state index is 10.8. The van der Waals surface area contributed by atoms with Gasteiger partial charge < -0.3 is 14.7 Å². The van der Waals surface area contributed by atoms with E-state index in [9.17, 15) is 9.59 Å². The molecule has 1 aliphatic rings. The molecule has 74 valence electrons. The van der Waals surface area contributed by atoms with Gasteiger partial charge in [0.05, 0.1) is 6.10 Å². The lowest BCUT2D eigenvalue weighted by molar-refractivity contribution is -0.150. The maximum atomic E-state index is 10.8. The quantitative estimate of drug-likeness (QED) is 0.614. The second-order valence-corrected chi connectivity index (χ2v) is 3.11. The number of hydrogen-bond donors (Lipinski definition) is 1. The highest BCUT2D eigenvalue weighted by atomic mass is 16.5. The van der Waals surface area contributed by atoms with E-state index in [2.05, 4.69) is 0 Å². The number of likely N-dealkylation sites (N-methyl/N-ethyl adjacent to an activating group) is 1. The number of nitrogens with zero attached hydrogens (tertiary/aromatic N) is 1. The van der Waals surface area contributed by atoms with Gasteiger partial charge in [0.2, 0.25) is 6.41 Å². The van der Waals surface area contributed by atoms with Crippen LogP contribution < -0.4 is 0 Å². The van der Waals surface area contributed by atoms with E-state index in [4.69, 9.17) is 9.84 Å². The average molecular weight is 187 g/mol. The standard InChI is InChI=1S/C8H13NO4/c1-9(5-10)7(8(11)12)6-3-2-4-13-6/h5-7H,2-4H2,1H3,(H,11,12). The first kappa shape index (κ1) is 9.98.